The molecule has 1 aromatic carbocycles. The molecule has 0 aliphatic carbocycles. The zero-order chi connectivity index (χ0) is 17.0. The Labute approximate surface area is 142 Å². The zero-order valence-corrected chi connectivity index (χ0v) is 14.6. The predicted molar refractivity (Wildman–Crippen MR) is 89.8 cm³/mol. The van der Waals surface area contributed by atoms with Crippen molar-refractivity contribution in [3.8, 4) is 11.3 Å². The van der Waals surface area contributed by atoms with Crippen LogP contribution in [0.15, 0.2) is 34.8 Å². The highest BCUT2D eigenvalue weighted by Gasteiger charge is 2.15. The van der Waals surface area contributed by atoms with E-state index < -0.39 is 11.6 Å². The molecule has 0 saturated heterocycles. The average Bonchev–Trinajstić information content (AvgIpc) is 2.52. The summed E-state index contributed by atoms with van der Waals surface area (Å²) in [5.74, 6) is -0.688. The number of aliphatic hydroxyl groups excluding tert-OH is 1. The van der Waals surface area contributed by atoms with Crippen LogP contribution >= 0.6 is 15.9 Å². The van der Waals surface area contributed by atoms with Crippen molar-refractivity contribution < 1.29 is 13.9 Å². The van der Waals surface area contributed by atoms with Gasteiger partial charge in [0.2, 0.25) is 0 Å². The van der Waals surface area contributed by atoms with Crippen molar-refractivity contribution in [2.75, 3.05) is 6.61 Å². The van der Waals surface area contributed by atoms with Crippen molar-refractivity contribution in [2.24, 2.45) is 5.92 Å². The number of rotatable bonds is 6. The Morgan fingerprint density at radius 2 is 1.96 bits per heavy atom. The number of aromatic nitrogens is 1. The fourth-order valence-electron chi connectivity index (χ4n) is 2.20. The molecule has 2 aromatic rings. The normalized spacial score (nSPS) is 12.7. The number of nitrogens with one attached hydrogen (secondary N) is 1. The first-order valence-electron chi connectivity index (χ1n) is 7.38. The van der Waals surface area contributed by atoms with Crippen LogP contribution in [-0.4, -0.2) is 22.7 Å². The summed E-state index contributed by atoms with van der Waals surface area (Å²) in [6, 6.07) is 7.48. The summed E-state index contributed by atoms with van der Waals surface area (Å²) >= 11 is 3.13. The van der Waals surface area contributed by atoms with Gasteiger partial charge in [-0.3, -0.25) is 0 Å². The van der Waals surface area contributed by atoms with Gasteiger partial charge in [0.15, 0.2) is 0 Å². The van der Waals surface area contributed by atoms with E-state index in [2.05, 4.69) is 26.2 Å². The van der Waals surface area contributed by atoms with Crippen LogP contribution in [0, 0.1) is 17.6 Å². The van der Waals surface area contributed by atoms with E-state index in [1.54, 1.807) is 18.2 Å². The average molecular weight is 385 g/mol. The van der Waals surface area contributed by atoms with E-state index in [0.29, 0.717) is 15.7 Å². The lowest BCUT2D eigenvalue weighted by molar-refractivity contribution is 0.209. The minimum atomic E-state index is -0.461. The Bertz CT molecular complexity index is 680. The maximum absolute atomic E-state index is 14.2. The molecular formula is C17H19BrF2N2O. The van der Waals surface area contributed by atoms with Crippen LogP contribution < -0.4 is 5.32 Å². The monoisotopic (exact) mass is 384 g/mol. The van der Waals surface area contributed by atoms with Crippen LogP contribution in [0.5, 0.6) is 0 Å². The predicted octanol–water partition coefficient (Wildman–Crippen LogP) is 3.90. The molecule has 6 heteroatoms. The highest BCUT2D eigenvalue weighted by molar-refractivity contribution is 9.10. The molecule has 2 rings (SSSR count). The van der Waals surface area contributed by atoms with Crippen molar-refractivity contribution in [3.05, 3.63) is 52.1 Å². The summed E-state index contributed by atoms with van der Waals surface area (Å²) < 4.78 is 28.5. The number of pyridine rings is 1. The molecule has 0 aliphatic rings. The van der Waals surface area contributed by atoms with E-state index in [-0.39, 0.29) is 30.8 Å². The third-order valence-corrected chi connectivity index (χ3v) is 4.29. The Balaban J connectivity index is 2.27. The number of aliphatic hydroxyl groups is 1. The van der Waals surface area contributed by atoms with E-state index >= 15 is 0 Å². The Hall–Kier alpha value is -1.37. The van der Waals surface area contributed by atoms with Gasteiger partial charge in [-0.2, -0.15) is 0 Å². The highest BCUT2D eigenvalue weighted by Crippen LogP contribution is 2.27. The molecule has 124 valence electrons. The highest BCUT2D eigenvalue weighted by atomic mass is 79.9. The molecule has 0 amide bonds. The number of nitrogens with zero attached hydrogens (tertiary/aromatic N) is 1. The van der Waals surface area contributed by atoms with Crippen molar-refractivity contribution in [1.82, 2.24) is 10.3 Å². The van der Waals surface area contributed by atoms with Gasteiger partial charge in [-0.05, 0) is 46.1 Å². The van der Waals surface area contributed by atoms with Gasteiger partial charge < -0.3 is 10.4 Å². The first-order chi connectivity index (χ1) is 10.9. The van der Waals surface area contributed by atoms with E-state index in [0.717, 1.165) is 0 Å². The Kier molecular flexibility index (Phi) is 6.21. The lowest BCUT2D eigenvalue weighted by Gasteiger charge is -2.20. The lowest BCUT2D eigenvalue weighted by atomic mass is 10.1. The van der Waals surface area contributed by atoms with E-state index in [1.807, 2.05) is 13.8 Å². The summed E-state index contributed by atoms with van der Waals surface area (Å²) in [7, 11) is 0. The third kappa shape index (κ3) is 4.34. The fraction of sp³-hybridized carbons (Fsp3) is 0.353. The van der Waals surface area contributed by atoms with E-state index in [9.17, 15) is 13.9 Å². The Morgan fingerprint density at radius 3 is 2.61 bits per heavy atom. The SMILES string of the molecule is CC(C)[C@H](CO)NCc1nc(-c2cccc(Br)c2F)ccc1F. The van der Waals surface area contributed by atoms with Gasteiger partial charge in [-0.25, -0.2) is 13.8 Å². The second-order valence-corrected chi connectivity index (χ2v) is 6.49. The smallest absolute Gasteiger partial charge is 0.146 e. The molecular weight excluding hydrogens is 366 g/mol. The molecule has 0 saturated carbocycles. The minimum absolute atomic E-state index is 0.0424. The summed E-state index contributed by atoms with van der Waals surface area (Å²) in [5.41, 5.74) is 0.872. The number of hydrogen-bond acceptors (Lipinski definition) is 3. The van der Waals surface area contributed by atoms with E-state index in [1.165, 1.54) is 12.1 Å². The summed E-state index contributed by atoms with van der Waals surface area (Å²) in [4.78, 5) is 4.23. The third-order valence-electron chi connectivity index (χ3n) is 3.68. The first kappa shape index (κ1) is 18.0. The lowest BCUT2D eigenvalue weighted by Crippen LogP contribution is -2.37. The van der Waals surface area contributed by atoms with E-state index in [4.69, 9.17) is 0 Å². The molecule has 1 aromatic heterocycles. The maximum Gasteiger partial charge on any atom is 0.146 e. The molecule has 0 aliphatic heterocycles. The van der Waals surface area contributed by atoms with Crippen LogP contribution in [0.2, 0.25) is 0 Å². The maximum atomic E-state index is 14.2. The number of halogens is 3. The molecule has 1 heterocycles. The summed E-state index contributed by atoms with van der Waals surface area (Å²) in [6.45, 7) is 4.05. The summed E-state index contributed by atoms with van der Waals surface area (Å²) in [6.07, 6.45) is 0. The topological polar surface area (TPSA) is 45.1 Å². The largest absolute Gasteiger partial charge is 0.395 e. The van der Waals surface area contributed by atoms with Gasteiger partial charge in [0.05, 0.1) is 22.5 Å². The van der Waals surface area contributed by atoms with Gasteiger partial charge in [0, 0.05) is 18.2 Å². The van der Waals surface area contributed by atoms with Crippen molar-refractivity contribution in [2.45, 2.75) is 26.4 Å². The second-order valence-electron chi connectivity index (χ2n) is 5.64. The standard InChI is InChI=1S/C17H19BrF2N2O/c1-10(2)16(9-23)21-8-15-13(19)6-7-14(22-15)11-4-3-5-12(18)17(11)20/h3-7,10,16,21,23H,8-9H2,1-2H3/t16-/m0/s1. The molecule has 23 heavy (non-hydrogen) atoms. The molecule has 3 nitrogen and oxygen atoms in total. The minimum Gasteiger partial charge on any atom is -0.395 e. The molecule has 0 radical (unpaired) electrons. The number of hydrogen-bond donors (Lipinski definition) is 2. The van der Waals surface area contributed by atoms with Gasteiger partial charge in [-0.1, -0.05) is 19.9 Å². The molecule has 0 unspecified atom stereocenters. The molecule has 0 bridgehead atoms. The van der Waals surface area contributed by atoms with Crippen LogP contribution in [0.4, 0.5) is 8.78 Å². The molecule has 0 fully saturated rings. The fourth-order valence-corrected chi connectivity index (χ4v) is 2.56. The molecule has 1 atom stereocenters. The van der Waals surface area contributed by atoms with Crippen molar-refractivity contribution in [1.29, 1.82) is 0 Å². The van der Waals surface area contributed by atoms with Gasteiger partial charge >= 0.3 is 0 Å². The number of benzene rings is 1. The molecule has 2 N–H and O–H groups in total. The quantitative estimate of drug-likeness (QED) is 0.793. The molecule has 0 spiro atoms. The van der Waals surface area contributed by atoms with Gasteiger partial charge in [0.1, 0.15) is 11.6 Å². The van der Waals surface area contributed by atoms with Crippen molar-refractivity contribution >= 4 is 15.9 Å². The van der Waals surface area contributed by atoms with Gasteiger partial charge in [0.25, 0.3) is 0 Å². The van der Waals surface area contributed by atoms with Crippen LogP contribution in [-0.2, 0) is 6.54 Å². The van der Waals surface area contributed by atoms with Crippen molar-refractivity contribution in [3.63, 3.8) is 0 Å². The first-order valence-corrected chi connectivity index (χ1v) is 8.17. The van der Waals surface area contributed by atoms with Crippen LogP contribution in [0.25, 0.3) is 11.3 Å². The van der Waals surface area contributed by atoms with Crippen LogP contribution in [0.3, 0.4) is 0 Å². The second kappa shape index (κ2) is 7.95. The summed E-state index contributed by atoms with van der Waals surface area (Å²) in [5, 5.41) is 12.4. The van der Waals surface area contributed by atoms with Crippen LogP contribution in [0.1, 0.15) is 19.5 Å². The zero-order valence-electron chi connectivity index (χ0n) is 13.0. The van der Waals surface area contributed by atoms with Gasteiger partial charge in [-0.15, -0.1) is 0 Å². The Morgan fingerprint density at radius 1 is 1.22 bits per heavy atom.